The van der Waals surface area contributed by atoms with Crippen LogP contribution in [0.15, 0.2) is 36.4 Å². The molecular weight excluding hydrogens is 348 g/mol. The fourth-order valence-corrected chi connectivity index (χ4v) is 3.88. The Hall–Kier alpha value is -2.80. The summed E-state index contributed by atoms with van der Waals surface area (Å²) in [6.45, 7) is 0.732. The Kier molecular flexibility index (Phi) is 3.49. The molecule has 1 aliphatic carbocycles. The second-order valence-electron chi connectivity index (χ2n) is 6.78. The maximum Gasteiger partial charge on any atom is 0.255 e. The van der Waals surface area contributed by atoms with Gasteiger partial charge in [0, 0.05) is 29.4 Å². The van der Waals surface area contributed by atoms with Gasteiger partial charge in [0.1, 0.15) is 11.0 Å². The minimum Gasteiger partial charge on any atom is -0.322 e. The lowest BCUT2D eigenvalue weighted by Gasteiger charge is -2.18. The number of carbonyl (C=O) groups is 2. The Bertz CT molecular complexity index is 1040. The number of hydrogen-bond acceptors (Lipinski definition) is 5. The average Bonchev–Trinajstić information content (AvgIpc) is 3.25. The van der Waals surface area contributed by atoms with Gasteiger partial charge in [0.2, 0.25) is 5.91 Å². The first kappa shape index (κ1) is 15.5. The van der Waals surface area contributed by atoms with E-state index in [9.17, 15) is 9.59 Å². The van der Waals surface area contributed by atoms with Crippen LogP contribution in [0.5, 0.6) is 0 Å². The highest BCUT2D eigenvalue weighted by molar-refractivity contribution is 7.00. The minimum absolute atomic E-state index is 0.192. The summed E-state index contributed by atoms with van der Waals surface area (Å²) in [5.41, 5.74) is 4.83. The third-order valence-electron chi connectivity index (χ3n) is 4.95. The van der Waals surface area contributed by atoms with Gasteiger partial charge in [-0.1, -0.05) is 6.07 Å². The van der Waals surface area contributed by atoms with Crippen LogP contribution in [-0.4, -0.2) is 27.1 Å². The number of fused-ring (bicyclic) bond motifs is 2. The van der Waals surface area contributed by atoms with E-state index in [0.717, 1.165) is 59.8 Å². The third-order valence-corrected chi connectivity index (χ3v) is 5.50. The van der Waals surface area contributed by atoms with E-state index in [1.165, 1.54) is 0 Å². The first-order chi connectivity index (χ1) is 12.7. The first-order valence-electron chi connectivity index (χ1n) is 8.67. The number of hydrogen-bond donors (Lipinski definition) is 1. The molecule has 2 aromatic carbocycles. The van der Waals surface area contributed by atoms with Crippen molar-refractivity contribution in [1.82, 2.24) is 8.75 Å². The summed E-state index contributed by atoms with van der Waals surface area (Å²) in [5, 5.41) is 2.93. The van der Waals surface area contributed by atoms with Crippen molar-refractivity contribution >= 4 is 46.0 Å². The molecule has 26 heavy (non-hydrogen) atoms. The molecule has 6 nitrogen and oxygen atoms in total. The lowest BCUT2D eigenvalue weighted by Crippen LogP contribution is -2.30. The number of aromatic nitrogens is 2. The van der Waals surface area contributed by atoms with Gasteiger partial charge in [0.05, 0.1) is 11.7 Å². The molecule has 130 valence electrons. The predicted molar refractivity (Wildman–Crippen MR) is 101 cm³/mol. The lowest BCUT2D eigenvalue weighted by molar-refractivity contribution is -0.119. The second-order valence-corrected chi connectivity index (χ2v) is 7.31. The van der Waals surface area contributed by atoms with Crippen LogP contribution < -0.4 is 10.2 Å². The van der Waals surface area contributed by atoms with Crippen molar-refractivity contribution in [2.75, 3.05) is 16.8 Å². The van der Waals surface area contributed by atoms with Crippen LogP contribution in [0.2, 0.25) is 0 Å². The summed E-state index contributed by atoms with van der Waals surface area (Å²) >= 11 is 1.13. The van der Waals surface area contributed by atoms with Crippen LogP contribution in [-0.2, 0) is 11.2 Å². The molecule has 0 atom stereocenters. The Morgan fingerprint density at radius 1 is 1.08 bits per heavy atom. The summed E-state index contributed by atoms with van der Waals surface area (Å²) in [6, 6.07) is 11.1. The Morgan fingerprint density at radius 2 is 1.92 bits per heavy atom. The standard InChI is InChI=1S/C19H16N4O2S/c24-18(13-4-6-15-16(9-13)22-26-21-15)20-14-5-3-11-7-8-23(17(11)10-14)19(25)12-1-2-12/h3-6,9-10,12H,1-2,7-8H2,(H,20,24). The number of nitrogens with zero attached hydrogens (tertiary/aromatic N) is 3. The van der Waals surface area contributed by atoms with E-state index in [0.29, 0.717) is 11.3 Å². The average molecular weight is 364 g/mol. The van der Waals surface area contributed by atoms with Gasteiger partial charge in [0.25, 0.3) is 5.91 Å². The van der Waals surface area contributed by atoms with Gasteiger partial charge in [-0.05, 0) is 55.2 Å². The summed E-state index contributed by atoms with van der Waals surface area (Å²) in [5.74, 6) is 0.212. The van der Waals surface area contributed by atoms with Gasteiger partial charge in [-0.2, -0.15) is 8.75 Å². The SMILES string of the molecule is O=C(Nc1ccc2c(c1)N(C(=O)C1CC1)CC2)c1ccc2nsnc2c1. The van der Waals surface area contributed by atoms with Crippen molar-refractivity contribution < 1.29 is 9.59 Å². The summed E-state index contributed by atoms with van der Waals surface area (Å²) < 4.78 is 8.32. The largest absolute Gasteiger partial charge is 0.322 e. The van der Waals surface area contributed by atoms with E-state index in [1.807, 2.05) is 23.1 Å². The number of rotatable bonds is 3. The molecule has 0 radical (unpaired) electrons. The molecule has 0 unspecified atom stereocenters. The number of nitrogens with one attached hydrogen (secondary N) is 1. The molecule has 5 rings (SSSR count). The molecule has 2 heterocycles. The van der Waals surface area contributed by atoms with E-state index < -0.39 is 0 Å². The van der Waals surface area contributed by atoms with Gasteiger partial charge in [-0.15, -0.1) is 0 Å². The molecule has 2 aliphatic rings. The smallest absolute Gasteiger partial charge is 0.255 e. The normalized spacial score (nSPS) is 15.9. The molecule has 1 N–H and O–H groups in total. The maximum atomic E-state index is 12.6. The number of anilines is 2. The van der Waals surface area contributed by atoms with E-state index >= 15 is 0 Å². The zero-order chi connectivity index (χ0) is 17.7. The van der Waals surface area contributed by atoms with E-state index in [2.05, 4.69) is 14.1 Å². The molecule has 1 fully saturated rings. The van der Waals surface area contributed by atoms with E-state index in [-0.39, 0.29) is 17.7 Å². The zero-order valence-corrected chi connectivity index (χ0v) is 14.8. The number of benzene rings is 2. The lowest BCUT2D eigenvalue weighted by atomic mass is 10.1. The van der Waals surface area contributed by atoms with Crippen LogP contribution in [0.3, 0.4) is 0 Å². The van der Waals surface area contributed by atoms with Gasteiger partial charge in [0.15, 0.2) is 0 Å². The van der Waals surface area contributed by atoms with Crippen molar-refractivity contribution in [3.63, 3.8) is 0 Å². The molecule has 2 amide bonds. The maximum absolute atomic E-state index is 12.6. The highest BCUT2D eigenvalue weighted by atomic mass is 32.1. The summed E-state index contributed by atoms with van der Waals surface area (Å²) in [4.78, 5) is 26.9. The third kappa shape index (κ3) is 2.64. The number of carbonyl (C=O) groups excluding carboxylic acids is 2. The molecule has 1 saturated carbocycles. The predicted octanol–water partition coefficient (Wildman–Crippen LogP) is 3.24. The molecule has 0 saturated heterocycles. The fraction of sp³-hybridized carbons (Fsp3) is 0.263. The van der Waals surface area contributed by atoms with Gasteiger partial charge < -0.3 is 10.2 Å². The second kappa shape index (κ2) is 5.88. The molecule has 1 aliphatic heterocycles. The molecule has 0 bridgehead atoms. The molecule has 1 aromatic heterocycles. The van der Waals surface area contributed by atoms with Crippen molar-refractivity contribution in [2.24, 2.45) is 5.92 Å². The fourth-order valence-electron chi connectivity index (χ4n) is 3.36. The number of amides is 2. The van der Waals surface area contributed by atoms with E-state index in [1.54, 1.807) is 18.2 Å². The van der Waals surface area contributed by atoms with E-state index in [4.69, 9.17) is 0 Å². The highest BCUT2D eigenvalue weighted by Crippen LogP contribution is 2.37. The van der Waals surface area contributed by atoms with Crippen LogP contribution in [0, 0.1) is 5.92 Å². The molecule has 7 heteroatoms. The topological polar surface area (TPSA) is 75.2 Å². The van der Waals surface area contributed by atoms with Gasteiger partial charge >= 0.3 is 0 Å². The van der Waals surface area contributed by atoms with Crippen molar-refractivity contribution in [1.29, 1.82) is 0 Å². The van der Waals surface area contributed by atoms with Crippen LogP contribution in [0.1, 0.15) is 28.8 Å². The van der Waals surface area contributed by atoms with Crippen molar-refractivity contribution in [3.05, 3.63) is 47.5 Å². The Morgan fingerprint density at radius 3 is 2.77 bits per heavy atom. The first-order valence-corrected chi connectivity index (χ1v) is 9.40. The Labute approximate surface area is 154 Å². The quantitative estimate of drug-likeness (QED) is 0.774. The van der Waals surface area contributed by atoms with Crippen molar-refractivity contribution in [3.8, 4) is 0 Å². The Balaban J connectivity index is 1.39. The summed E-state index contributed by atoms with van der Waals surface area (Å²) in [6.07, 6.45) is 2.86. The minimum atomic E-state index is -0.196. The molecule has 0 spiro atoms. The highest BCUT2D eigenvalue weighted by Gasteiger charge is 2.36. The van der Waals surface area contributed by atoms with Crippen LogP contribution in [0.4, 0.5) is 11.4 Å². The van der Waals surface area contributed by atoms with Crippen LogP contribution >= 0.6 is 11.7 Å². The molecular formula is C19H16N4O2S. The monoisotopic (exact) mass is 364 g/mol. The van der Waals surface area contributed by atoms with Gasteiger partial charge in [-0.25, -0.2) is 0 Å². The van der Waals surface area contributed by atoms with Crippen LogP contribution in [0.25, 0.3) is 11.0 Å². The summed E-state index contributed by atoms with van der Waals surface area (Å²) in [7, 11) is 0. The molecule has 3 aromatic rings. The zero-order valence-electron chi connectivity index (χ0n) is 13.9. The van der Waals surface area contributed by atoms with Crippen molar-refractivity contribution in [2.45, 2.75) is 19.3 Å². The van der Waals surface area contributed by atoms with Gasteiger partial charge in [-0.3, -0.25) is 9.59 Å².